The Kier molecular flexibility index (Phi) is 4.41. The van der Waals surface area contributed by atoms with E-state index in [1.807, 2.05) is 0 Å². The zero-order chi connectivity index (χ0) is 16.3. The van der Waals surface area contributed by atoms with Crippen molar-refractivity contribution < 1.29 is 22.0 Å². The largest absolute Gasteiger partial charge is 0.324 e. The van der Waals surface area contributed by atoms with Crippen LogP contribution >= 0.6 is 0 Å². The molecule has 0 unspecified atom stereocenters. The third-order valence-electron chi connectivity index (χ3n) is 2.65. The van der Waals surface area contributed by atoms with Gasteiger partial charge in [-0.2, -0.15) is 0 Å². The monoisotopic (exact) mass is 326 g/mol. The Morgan fingerprint density at radius 3 is 2.27 bits per heavy atom. The minimum absolute atomic E-state index is 0.0643. The first-order valence-electron chi connectivity index (χ1n) is 6.13. The molecule has 0 aliphatic heterocycles. The Hall–Kier alpha value is -2.48. The molecule has 116 valence electrons. The second-order valence-electron chi connectivity index (χ2n) is 4.44. The molecule has 2 aromatic carbocycles. The molecule has 8 heteroatoms. The van der Waals surface area contributed by atoms with Gasteiger partial charge in [-0.15, -0.1) is 0 Å². The lowest BCUT2D eigenvalue weighted by atomic mass is 10.2. The van der Waals surface area contributed by atoms with Gasteiger partial charge in [-0.25, -0.2) is 17.2 Å². The van der Waals surface area contributed by atoms with Crippen LogP contribution in [0.1, 0.15) is 6.92 Å². The summed E-state index contributed by atoms with van der Waals surface area (Å²) in [5.41, 5.74) is -0.0821. The predicted octanol–water partition coefficient (Wildman–Crippen LogP) is 2.72. The molecule has 1 amide bonds. The first-order valence-corrected chi connectivity index (χ1v) is 7.62. The van der Waals surface area contributed by atoms with Gasteiger partial charge in [0.2, 0.25) is 5.91 Å². The van der Waals surface area contributed by atoms with E-state index >= 15 is 0 Å². The maximum absolute atomic E-state index is 13.5. The molecule has 0 atom stereocenters. The predicted molar refractivity (Wildman–Crippen MR) is 77.9 cm³/mol. The highest BCUT2D eigenvalue weighted by molar-refractivity contribution is 7.92. The number of carbonyl (C=O) groups excluding carboxylic acids is 1. The summed E-state index contributed by atoms with van der Waals surface area (Å²) in [6.07, 6.45) is 0. The number of sulfonamides is 1. The number of benzene rings is 2. The van der Waals surface area contributed by atoms with Gasteiger partial charge in [-0.3, -0.25) is 9.52 Å². The van der Waals surface area contributed by atoms with Crippen LogP contribution in [0.4, 0.5) is 20.2 Å². The zero-order valence-electron chi connectivity index (χ0n) is 11.4. The van der Waals surface area contributed by atoms with E-state index in [-0.39, 0.29) is 16.3 Å². The van der Waals surface area contributed by atoms with E-state index in [4.69, 9.17) is 0 Å². The van der Waals surface area contributed by atoms with Gasteiger partial charge in [0.25, 0.3) is 10.0 Å². The fraction of sp³-hybridized carbons (Fsp3) is 0.0714. The molecule has 22 heavy (non-hydrogen) atoms. The fourth-order valence-electron chi connectivity index (χ4n) is 1.70. The van der Waals surface area contributed by atoms with E-state index in [0.717, 1.165) is 36.4 Å². The van der Waals surface area contributed by atoms with Gasteiger partial charge in [-0.05, 0) is 42.5 Å². The van der Waals surface area contributed by atoms with Crippen LogP contribution in [-0.4, -0.2) is 14.3 Å². The smallest absolute Gasteiger partial charge is 0.261 e. The van der Waals surface area contributed by atoms with Crippen LogP contribution in [0.25, 0.3) is 0 Å². The van der Waals surface area contributed by atoms with E-state index in [0.29, 0.717) is 0 Å². The Bertz CT molecular complexity index is 805. The SMILES string of the molecule is CC(=O)Nc1cc(NS(=O)(=O)c2ccc(F)cc2)ccc1F. The Morgan fingerprint density at radius 1 is 1.05 bits per heavy atom. The van der Waals surface area contributed by atoms with Gasteiger partial charge in [0.1, 0.15) is 11.6 Å². The molecule has 2 aromatic rings. The summed E-state index contributed by atoms with van der Waals surface area (Å²) in [7, 11) is -3.94. The molecule has 0 saturated carbocycles. The maximum Gasteiger partial charge on any atom is 0.261 e. The summed E-state index contributed by atoms with van der Waals surface area (Å²) in [6, 6.07) is 7.63. The molecular weight excluding hydrogens is 314 g/mol. The van der Waals surface area contributed by atoms with Crippen LogP contribution in [0.15, 0.2) is 47.4 Å². The van der Waals surface area contributed by atoms with Gasteiger partial charge in [0.15, 0.2) is 0 Å². The van der Waals surface area contributed by atoms with E-state index in [9.17, 15) is 22.0 Å². The van der Waals surface area contributed by atoms with Crippen molar-refractivity contribution in [1.29, 1.82) is 0 Å². The van der Waals surface area contributed by atoms with Gasteiger partial charge in [0, 0.05) is 6.92 Å². The number of amides is 1. The summed E-state index contributed by atoms with van der Waals surface area (Å²) in [5, 5.41) is 2.25. The van der Waals surface area contributed by atoms with Crippen LogP contribution in [0.5, 0.6) is 0 Å². The second-order valence-corrected chi connectivity index (χ2v) is 6.12. The topological polar surface area (TPSA) is 75.3 Å². The highest BCUT2D eigenvalue weighted by Gasteiger charge is 2.15. The standard InChI is InChI=1S/C14H12F2N2O3S/c1-9(19)17-14-8-11(4-7-13(14)16)18-22(20,21)12-5-2-10(15)3-6-12/h2-8,18H,1H3,(H,17,19). The number of hydrogen-bond donors (Lipinski definition) is 2. The minimum atomic E-state index is -3.94. The van der Waals surface area contributed by atoms with Gasteiger partial charge < -0.3 is 5.32 Å². The molecule has 2 rings (SSSR count). The Balaban J connectivity index is 2.29. The fourth-order valence-corrected chi connectivity index (χ4v) is 2.75. The number of carbonyl (C=O) groups is 1. The maximum atomic E-state index is 13.5. The van der Waals surface area contributed by atoms with Crippen molar-refractivity contribution in [1.82, 2.24) is 0 Å². The highest BCUT2D eigenvalue weighted by atomic mass is 32.2. The summed E-state index contributed by atoms with van der Waals surface area (Å²) >= 11 is 0. The Labute approximate surface area is 126 Å². The number of hydrogen-bond acceptors (Lipinski definition) is 3. The van der Waals surface area contributed by atoms with E-state index in [1.165, 1.54) is 13.0 Å². The number of nitrogens with one attached hydrogen (secondary N) is 2. The van der Waals surface area contributed by atoms with Crippen molar-refractivity contribution in [2.24, 2.45) is 0 Å². The molecule has 0 aliphatic rings. The van der Waals surface area contributed by atoms with Crippen LogP contribution in [0.2, 0.25) is 0 Å². The van der Waals surface area contributed by atoms with Gasteiger partial charge in [-0.1, -0.05) is 0 Å². The summed E-state index contributed by atoms with van der Waals surface area (Å²) in [6.45, 7) is 1.20. The number of rotatable bonds is 4. The summed E-state index contributed by atoms with van der Waals surface area (Å²) in [5.74, 6) is -1.74. The van der Waals surface area contributed by atoms with E-state index in [2.05, 4.69) is 10.0 Å². The molecule has 0 aliphatic carbocycles. The van der Waals surface area contributed by atoms with Gasteiger partial charge >= 0.3 is 0 Å². The van der Waals surface area contributed by atoms with E-state index in [1.54, 1.807) is 0 Å². The molecule has 5 nitrogen and oxygen atoms in total. The lowest BCUT2D eigenvalue weighted by Crippen LogP contribution is -2.14. The minimum Gasteiger partial charge on any atom is -0.324 e. The number of anilines is 2. The number of halogens is 2. The molecule has 0 aromatic heterocycles. The molecule has 0 spiro atoms. The average molecular weight is 326 g/mol. The molecule has 0 bridgehead atoms. The molecule has 0 saturated heterocycles. The normalized spacial score (nSPS) is 11.0. The van der Waals surface area contributed by atoms with Crippen LogP contribution in [0, 0.1) is 11.6 Å². The van der Waals surface area contributed by atoms with Crippen molar-refractivity contribution in [3.8, 4) is 0 Å². The van der Waals surface area contributed by atoms with Crippen LogP contribution in [-0.2, 0) is 14.8 Å². The quantitative estimate of drug-likeness (QED) is 0.907. The van der Waals surface area contributed by atoms with Crippen molar-refractivity contribution >= 4 is 27.3 Å². The molecule has 0 fully saturated rings. The molecule has 0 heterocycles. The average Bonchev–Trinajstić information content (AvgIpc) is 2.42. The van der Waals surface area contributed by atoms with Crippen molar-refractivity contribution in [3.63, 3.8) is 0 Å². The van der Waals surface area contributed by atoms with Crippen molar-refractivity contribution in [2.75, 3.05) is 10.0 Å². The first-order chi connectivity index (χ1) is 10.3. The molecule has 0 radical (unpaired) electrons. The first kappa shape index (κ1) is 15.9. The zero-order valence-corrected chi connectivity index (χ0v) is 12.2. The molecule has 2 N–H and O–H groups in total. The van der Waals surface area contributed by atoms with Crippen molar-refractivity contribution in [3.05, 3.63) is 54.1 Å². The van der Waals surface area contributed by atoms with E-state index < -0.39 is 27.6 Å². The Morgan fingerprint density at radius 2 is 1.68 bits per heavy atom. The highest BCUT2D eigenvalue weighted by Crippen LogP contribution is 2.22. The third kappa shape index (κ3) is 3.79. The van der Waals surface area contributed by atoms with Gasteiger partial charge in [0.05, 0.1) is 16.3 Å². The van der Waals surface area contributed by atoms with Crippen LogP contribution < -0.4 is 10.0 Å². The van der Waals surface area contributed by atoms with Crippen LogP contribution in [0.3, 0.4) is 0 Å². The molecular formula is C14H12F2N2O3S. The lowest BCUT2D eigenvalue weighted by molar-refractivity contribution is -0.114. The summed E-state index contributed by atoms with van der Waals surface area (Å²) < 4.78 is 52.8. The lowest BCUT2D eigenvalue weighted by Gasteiger charge is -2.10. The third-order valence-corrected chi connectivity index (χ3v) is 4.05. The summed E-state index contributed by atoms with van der Waals surface area (Å²) in [4.78, 5) is 10.8. The second kappa shape index (κ2) is 6.10. The van der Waals surface area contributed by atoms with Crippen molar-refractivity contribution in [2.45, 2.75) is 11.8 Å².